The Hall–Kier alpha value is -3.61. The second kappa shape index (κ2) is 20.3. The molecule has 6 nitrogen and oxygen atoms in total. The Labute approximate surface area is 242 Å². The first-order chi connectivity index (χ1) is 19.3. The van der Waals surface area contributed by atoms with Crippen LogP contribution < -0.4 is 21.1 Å². The minimum absolute atomic E-state index is 0.243. The number of anilines is 1. The Bertz CT molecular complexity index is 1090. The molecule has 0 aliphatic heterocycles. The Morgan fingerprint density at radius 1 is 0.975 bits per heavy atom. The van der Waals surface area contributed by atoms with Crippen LogP contribution in [0.1, 0.15) is 43.4 Å². The molecular formula is C34H50N4O2. The average Bonchev–Trinajstić information content (AvgIpc) is 3.42. The summed E-state index contributed by atoms with van der Waals surface area (Å²) < 4.78 is 5.71. The van der Waals surface area contributed by atoms with E-state index in [0.29, 0.717) is 12.5 Å². The van der Waals surface area contributed by atoms with Crippen LogP contribution in [0.4, 0.5) is 5.69 Å². The number of rotatable bonds is 8. The number of nitrogens with zero attached hydrogens (tertiary/aromatic N) is 1. The standard InChI is InChI=1S/C13H13NO.C13H17NO.C4H12N2.C4H8/c1-10-9-11(14)7-8-13(10)15-12-5-3-2-4-6-12;1-3-13(15)14(2)12-8-10-6-4-5-7-11(10)9-12;1-5-3-4-6-2;1-3-4-2/h2-9H,14H2,1H3;4-7,12H,3,8-9H2,1-2H3;5-6H,3-4H2,1-2H3;3H,1,4H2,2H3. The first-order valence-electron chi connectivity index (χ1n) is 14.1. The summed E-state index contributed by atoms with van der Waals surface area (Å²) >= 11 is 0. The van der Waals surface area contributed by atoms with E-state index in [1.165, 1.54) is 11.1 Å². The highest BCUT2D eigenvalue weighted by Crippen LogP contribution is 2.26. The third-order valence-corrected chi connectivity index (χ3v) is 6.36. The second-order valence-electron chi connectivity index (χ2n) is 9.53. The molecule has 4 N–H and O–H groups in total. The van der Waals surface area contributed by atoms with E-state index in [9.17, 15) is 4.79 Å². The molecule has 218 valence electrons. The highest BCUT2D eigenvalue weighted by molar-refractivity contribution is 5.76. The molecule has 40 heavy (non-hydrogen) atoms. The van der Waals surface area contributed by atoms with Gasteiger partial charge in [-0.25, -0.2) is 0 Å². The number of hydrogen-bond acceptors (Lipinski definition) is 5. The summed E-state index contributed by atoms with van der Waals surface area (Å²) in [4.78, 5) is 13.5. The van der Waals surface area contributed by atoms with Crippen LogP contribution in [0.15, 0.2) is 85.5 Å². The summed E-state index contributed by atoms with van der Waals surface area (Å²) in [5.74, 6) is 1.92. The van der Waals surface area contributed by atoms with E-state index in [0.717, 1.165) is 55.1 Å². The number of nitrogens with one attached hydrogen (secondary N) is 2. The minimum atomic E-state index is 0.243. The Balaban J connectivity index is 0.000000302. The van der Waals surface area contributed by atoms with Gasteiger partial charge in [-0.15, -0.1) is 6.58 Å². The predicted molar refractivity (Wildman–Crippen MR) is 171 cm³/mol. The van der Waals surface area contributed by atoms with Crippen molar-refractivity contribution < 1.29 is 9.53 Å². The zero-order valence-corrected chi connectivity index (χ0v) is 25.4. The van der Waals surface area contributed by atoms with Gasteiger partial charge >= 0.3 is 0 Å². The van der Waals surface area contributed by atoms with E-state index >= 15 is 0 Å². The summed E-state index contributed by atoms with van der Waals surface area (Å²) in [7, 11) is 5.80. The van der Waals surface area contributed by atoms with Gasteiger partial charge in [-0.2, -0.15) is 0 Å². The maximum absolute atomic E-state index is 11.6. The molecule has 0 saturated carbocycles. The predicted octanol–water partition coefficient (Wildman–Crippen LogP) is 6.40. The van der Waals surface area contributed by atoms with Crippen molar-refractivity contribution in [1.29, 1.82) is 0 Å². The van der Waals surface area contributed by atoms with Crippen molar-refractivity contribution in [3.05, 3.63) is 102 Å². The minimum Gasteiger partial charge on any atom is -0.457 e. The van der Waals surface area contributed by atoms with Crippen molar-refractivity contribution in [2.24, 2.45) is 0 Å². The summed E-state index contributed by atoms with van der Waals surface area (Å²) in [6.45, 7) is 11.5. The summed E-state index contributed by atoms with van der Waals surface area (Å²) in [5.41, 5.74) is 10.3. The van der Waals surface area contributed by atoms with Crippen molar-refractivity contribution in [3.63, 3.8) is 0 Å². The fourth-order valence-corrected chi connectivity index (χ4v) is 3.92. The zero-order valence-electron chi connectivity index (χ0n) is 25.4. The SMILES string of the molecule is C=CCC.CCC(=O)N(C)C1Cc2ccccc2C1.CNCCNC.Cc1cc(N)ccc1Oc1ccccc1. The van der Waals surface area contributed by atoms with Gasteiger partial charge in [-0.1, -0.05) is 62.4 Å². The molecule has 0 fully saturated rings. The number of ether oxygens (including phenoxy) is 1. The lowest BCUT2D eigenvalue weighted by Gasteiger charge is -2.23. The van der Waals surface area contributed by atoms with Gasteiger partial charge in [0.05, 0.1) is 0 Å². The number of amides is 1. The van der Waals surface area contributed by atoms with E-state index in [2.05, 4.69) is 48.4 Å². The Kier molecular flexibility index (Phi) is 17.5. The van der Waals surface area contributed by atoms with Crippen LogP contribution in [-0.2, 0) is 17.6 Å². The van der Waals surface area contributed by atoms with Crippen LogP contribution in [0.2, 0.25) is 0 Å². The van der Waals surface area contributed by atoms with Gasteiger partial charge in [0.25, 0.3) is 0 Å². The number of nitrogens with two attached hydrogens (primary N) is 1. The third-order valence-electron chi connectivity index (χ3n) is 6.36. The monoisotopic (exact) mass is 546 g/mol. The fourth-order valence-electron chi connectivity index (χ4n) is 3.92. The van der Waals surface area contributed by atoms with Crippen LogP contribution in [-0.4, -0.2) is 51.1 Å². The summed E-state index contributed by atoms with van der Waals surface area (Å²) in [5, 5.41) is 6.01. The number of nitrogen functional groups attached to an aromatic ring is 1. The summed E-state index contributed by atoms with van der Waals surface area (Å²) in [6.07, 6.45) is 5.58. The van der Waals surface area contributed by atoms with Crippen LogP contribution in [0, 0.1) is 6.92 Å². The number of benzene rings is 3. The lowest BCUT2D eigenvalue weighted by atomic mass is 10.1. The van der Waals surface area contributed by atoms with Gasteiger partial charge in [0.15, 0.2) is 0 Å². The van der Waals surface area contributed by atoms with Crippen LogP contribution in [0.3, 0.4) is 0 Å². The molecule has 0 atom stereocenters. The Morgan fingerprint density at radius 2 is 1.50 bits per heavy atom. The molecular weight excluding hydrogens is 496 g/mol. The molecule has 6 heteroatoms. The van der Waals surface area contributed by atoms with E-state index in [4.69, 9.17) is 10.5 Å². The molecule has 1 amide bonds. The van der Waals surface area contributed by atoms with Crippen molar-refractivity contribution >= 4 is 11.6 Å². The topological polar surface area (TPSA) is 79.6 Å². The highest BCUT2D eigenvalue weighted by Gasteiger charge is 2.26. The van der Waals surface area contributed by atoms with Gasteiger partial charge in [0.1, 0.15) is 11.5 Å². The highest BCUT2D eigenvalue weighted by atomic mass is 16.5. The van der Waals surface area contributed by atoms with Gasteiger partial charge < -0.3 is 26.0 Å². The van der Waals surface area contributed by atoms with Crippen LogP contribution >= 0.6 is 0 Å². The lowest BCUT2D eigenvalue weighted by Crippen LogP contribution is -2.37. The van der Waals surface area contributed by atoms with E-state index in [1.54, 1.807) is 0 Å². The number of carbonyl (C=O) groups is 1. The summed E-state index contributed by atoms with van der Waals surface area (Å²) in [6, 6.07) is 24.2. The molecule has 3 aromatic rings. The first-order valence-corrected chi connectivity index (χ1v) is 14.1. The van der Waals surface area contributed by atoms with E-state index < -0.39 is 0 Å². The first kappa shape index (κ1) is 34.4. The quantitative estimate of drug-likeness (QED) is 0.173. The maximum Gasteiger partial charge on any atom is 0.222 e. The fraction of sp³-hybridized carbons (Fsp3) is 0.382. The molecule has 0 unspecified atom stereocenters. The molecule has 0 saturated heterocycles. The van der Waals surface area contributed by atoms with Crippen molar-refractivity contribution in [2.75, 3.05) is 40.0 Å². The molecule has 0 heterocycles. The number of likely N-dealkylation sites (N-methyl/N-ethyl adjacent to an activating group) is 3. The largest absolute Gasteiger partial charge is 0.457 e. The van der Waals surface area contributed by atoms with Gasteiger partial charge in [-0.05, 0) is 87.3 Å². The molecule has 0 aromatic heterocycles. The zero-order chi connectivity index (χ0) is 29.8. The van der Waals surface area contributed by atoms with Gasteiger partial charge in [0, 0.05) is 38.3 Å². The molecule has 4 rings (SSSR count). The maximum atomic E-state index is 11.6. The van der Waals surface area contributed by atoms with Crippen molar-refractivity contribution in [3.8, 4) is 11.5 Å². The Morgan fingerprint density at radius 3 is 1.95 bits per heavy atom. The number of fused-ring (bicyclic) bond motifs is 1. The number of aryl methyl sites for hydroxylation is 1. The second-order valence-corrected chi connectivity index (χ2v) is 9.53. The lowest BCUT2D eigenvalue weighted by molar-refractivity contribution is -0.131. The molecule has 1 aliphatic rings. The molecule has 0 bridgehead atoms. The molecule has 0 radical (unpaired) electrons. The van der Waals surface area contributed by atoms with Gasteiger partial charge in [0.2, 0.25) is 5.91 Å². The van der Waals surface area contributed by atoms with Crippen molar-refractivity contribution in [1.82, 2.24) is 15.5 Å². The van der Waals surface area contributed by atoms with Crippen molar-refractivity contribution in [2.45, 2.75) is 52.5 Å². The number of para-hydroxylation sites is 1. The smallest absolute Gasteiger partial charge is 0.222 e. The average molecular weight is 547 g/mol. The molecule has 3 aromatic carbocycles. The number of hydrogen-bond donors (Lipinski definition) is 3. The number of carbonyl (C=O) groups excluding carboxylic acids is 1. The molecule has 1 aliphatic carbocycles. The van der Waals surface area contributed by atoms with Crippen LogP contribution in [0.5, 0.6) is 11.5 Å². The number of allylic oxidation sites excluding steroid dienone is 1. The molecule has 0 spiro atoms. The normalized spacial score (nSPS) is 11.3. The van der Waals surface area contributed by atoms with E-state index in [-0.39, 0.29) is 5.91 Å². The van der Waals surface area contributed by atoms with Gasteiger partial charge in [-0.3, -0.25) is 4.79 Å². The van der Waals surface area contributed by atoms with Crippen LogP contribution in [0.25, 0.3) is 0 Å². The van der Waals surface area contributed by atoms with E-state index in [1.807, 2.05) is 94.5 Å². The third kappa shape index (κ3) is 13.0.